The molecule has 0 heterocycles. The van der Waals surface area contributed by atoms with Gasteiger partial charge >= 0.3 is 5.97 Å². The van der Waals surface area contributed by atoms with Crippen molar-refractivity contribution in [3.05, 3.63) is 0 Å². The van der Waals surface area contributed by atoms with Crippen LogP contribution in [0.1, 0.15) is 0 Å². The van der Waals surface area contributed by atoms with Crippen LogP contribution in [-0.4, -0.2) is 35.4 Å². The minimum Gasteiger partial charge on any atom is -0.480 e. The summed E-state index contributed by atoms with van der Waals surface area (Å²) in [7, 11) is 0. The fraction of sp³-hybridized carbons (Fsp3) is 0.667. The van der Waals surface area contributed by atoms with E-state index in [1.165, 1.54) is 11.8 Å². The quantitative estimate of drug-likeness (QED) is 0.557. The van der Waals surface area contributed by atoms with Crippen molar-refractivity contribution < 1.29 is 14.7 Å². The maximum atomic E-state index is 10.3. The van der Waals surface area contributed by atoms with E-state index in [0.717, 1.165) is 0 Å². The minimum atomic E-state index is -1.13. The van der Waals surface area contributed by atoms with Crippen LogP contribution in [0.4, 0.5) is 0 Å². The second-order valence-corrected chi connectivity index (χ2v) is 3.03. The zero-order chi connectivity index (χ0) is 8.85. The van der Waals surface area contributed by atoms with E-state index < -0.39 is 17.9 Å². The van der Waals surface area contributed by atoms with E-state index >= 15 is 0 Å². The molecule has 0 aromatic rings. The summed E-state index contributed by atoms with van der Waals surface area (Å²) in [6.07, 6.45) is 2.39. The molecule has 0 aliphatic heterocycles. The van der Waals surface area contributed by atoms with Crippen LogP contribution < -0.4 is 5.73 Å². The van der Waals surface area contributed by atoms with E-state index in [1.807, 2.05) is 0 Å². The SMILES string of the molecule is CSCC(C=O)[C@@H](N)C(=O)O. The van der Waals surface area contributed by atoms with Crippen LogP contribution in [0.3, 0.4) is 0 Å². The molecular formula is C6H11NO3S. The van der Waals surface area contributed by atoms with E-state index in [4.69, 9.17) is 10.8 Å². The largest absolute Gasteiger partial charge is 0.480 e. The van der Waals surface area contributed by atoms with Gasteiger partial charge in [-0.05, 0) is 6.26 Å². The Morgan fingerprint density at radius 2 is 2.36 bits per heavy atom. The molecule has 5 heteroatoms. The van der Waals surface area contributed by atoms with Gasteiger partial charge in [0.1, 0.15) is 12.3 Å². The van der Waals surface area contributed by atoms with Gasteiger partial charge in [0.25, 0.3) is 0 Å². The highest BCUT2D eigenvalue weighted by atomic mass is 32.2. The molecule has 0 amide bonds. The fourth-order valence-electron chi connectivity index (χ4n) is 0.603. The van der Waals surface area contributed by atoms with Crippen LogP contribution in [0.25, 0.3) is 0 Å². The highest BCUT2D eigenvalue weighted by molar-refractivity contribution is 7.98. The van der Waals surface area contributed by atoms with Crippen LogP contribution >= 0.6 is 11.8 Å². The molecule has 0 aliphatic rings. The summed E-state index contributed by atoms with van der Waals surface area (Å²) < 4.78 is 0. The molecule has 1 unspecified atom stereocenters. The first-order valence-electron chi connectivity index (χ1n) is 3.06. The number of carbonyl (C=O) groups is 2. The first-order chi connectivity index (χ1) is 5.13. The van der Waals surface area contributed by atoms with Gasteiger partial charge in [0.05, 0.1) is 0 Å². The zero-order valence-corrected chi connectivity index (χ0v) is 7.00. The zero-order valence-electron chi connectivity index (χ0n) is 6.19. The standard InChI is InChI=1S/C6H11NO3S/c1-11-3-4(2-8)5(7)6(9)10/h2,4-5H,3,7H2,1H3,(H,9,10)/t4?,5-/m1/s1. The number of carboxylic acid groups (broad SMARTS) is 1. The number of hydrogen-bond acceptors (Lipinski definition) is 4. The van der Waals surface area contributed by atoms with Crippen molar-refractivity contribution in [2.24, 2.45) is 11.7 Å². The summed E-state index contributed by atoms with van der Waals surface area (Å²) in [5.74, 6) is -1.25. The second-order valence-electron chi connectivity index (χ2n) is 2.12. The molecule has 0 fully saturated rings. The van der Waals surface area contributed by atoms with Gasteiger partial charge in [-0.3, -0.25) is 4.79 Å². The van der Waals surface area contributed by atoms with Crippen LogP contribution in [0.15, 0.2) is 0 Å². The Kier molecular flexibility index (Phi) is 4.89. The maximum absolute atomic E-state index is 10.3. The van der Waals surface area contributed by atoms with Gasteiger partial charge in [-0.1, -0.05) is 0 Å². The van der Waals surface area contributed by atoms with Gasteiger partial charge in [0.15, 0.2) is 0 Å². The van der Waals surface area contributed by atoms with Gasteiger partial charge in [0, 0.05) is 11.7 Å². The third-order valence-electron chi connectivity index (χ3n) is 1.28. The molecule has 64 valence electrons. The Balaban J connectivity index is 4.01. The second kappa shape index (κ2) is 5.15. The summed E-state index contributed by atoms with van der Waals surface area (Å²) in [5, 5.41) is 8.42. The number of carboxylic acids is 1. The van der Waals surface area contributed by atoms with E-state index in [0.29, 0.717) is 12.0 Å². The third-order valence-corrected chi connectivity index (χ3v) is 2.00. The Labute approximate surface area is 69.1 Å². The summed E-state index contributed by atoms with van der Waals surface area (Å²) in [4.78, 5) is 20.6. The summed E-state index contributed by atoms with van der Waals surface area (Å²) in [5.41, 5.74) is 5.21. The average molecular weight is 177 g/mol. The van der Waals surface area contributed by atoms with Crippen molar-refractivity contribution in [2.75, 3.05) is 12.0 Å². The lowest BCUT2D eigenvalue weighted by Gasteiger charge is -2.12. The number of aliphatic carboxylic acids is 1. The van der Waals surface area contributed by atoms with Crippen LogP contribution in [0.2, 0.25) is 0 Å². The van der Waals surface area contributed by atoms with Gasteiger partial charge < -0.3 is 15.6 Å². The van der Waals surface area contributed by atoms with Crippen molar-refractivity contribution >= 4 is 24.0 Å². The molecule has 0 rings (SSSR count). The molecule has 0 aromatic heterocycles. The van der Waals surface area contributed by atoms with Gasteiger partial charge in [-0.2, -0.15) is 11.8 Å². The third kappa shape index (κ3) is 3.38. The molecule has 0 aromatic carbocycles. The van der Waals surface area contributed by atoms with Crippen molar-refractivity contribution in [3.63, 3.8) is 0 Å². The van der Waals surface area contributed by atoms with Gasteiger partial charge in [-0.15, -0.1) is 0 Å². The predicted octanol–water partition coefficient (Wildman–Crippen LogP) is -0.424. The van der Waals surface area contributed by atoms with Crippen molar-refractivity contribution in [2.45, 2.75) is 6.04 Å². The Bertz CT molecular complexity index is 151. The minimum absolute atomic E-state index is 0.455. The molecule has 0 bridgehead atoms. The Hall–Kier alpha value is -0.550. The summed E-state index contributed by atoms with van der Waals surface area (Å²) in [6, 6.07) is -1.07. The number of aldehydes is 1. The molecule has 0 aliphatic carbocycles. The molecule has 3 N–H and O–H groups in total. The highest BCUT2D eigenvalue weighted by Crippen LogP contribution is 2.06. The Morgan fingerprint density at radius 3 is 2.64 bits per heavy atom. The first-order valence-corrected chi connectivity index (χ1v) is 4.45. The number of carbonyl (C=O) groups excluding carboxylic acids is 1. The lowest BCUT2D eigenvalue weighted by molar-refractivity contribution is -0.140. The smallest absolute Gasteiger partial charge is 0.321 e. The van der Waals surface area contributed by atoms with E-state index in [9.17, 15) is 9.59 Å². The predicted molar refractivity (Wildman–Crippen MR) is 43.5 cm³/mol. The highest BCUT2D eigenvalue weighted by Gasteiger charge is 2.22. The number of rotatable bonds is 5. The summed E-state index contributed by atoms with van der Waals surface area (Å²) in [6.45, 7) is 0. The topological polar surface area (TPSA) is 80.4 Å². The molecule has 2 atom stereocenters. The van der Waals surface area contributed by atoms with E-state index in [-0.39, 0.29) is 0 Å². The van der Waals surface area contributed by atoms with Gasteiger partial charge in [-0.25, -0.2) is 0 Å². The van der Waals surface area contributed by atoms with Crippen LogP contribution in [0.5, 0.6) is 0 Å². The van der Waals surface area contributed by atoms with Crippen molar-refractivity contribution in [1.82, 2.24) is 0 Å². The van der Waals surface area contributed by atoms with E-state index in [2.05, 4.69) is 0 Å². The fourth-order valence-corrected chi connectivity index (χ4v) is 1.27. The number of hydrogen-bond donors (Lipinski definition) is 2. The monoisotopic (exact) mass is 177 g/mol. The molecule has 11 heavy (non-hydrogen) atoms. The van der Waals surface area contributed by atoms with Gasteiger partial charge in [0.2, 0.25) is 0 Å². The molecule has 0 radical (unpaired) electrons. The Morgan fingerprint density at radius 1 is 1.82 bits per heavy atom. The van der Waals surface area contributed by atoms with Crippen molar-refractivity contribution in [1.29, 1.82) is 0 Å². The molecule has 0 saturated carbocycles. The lowest BCUT2D eigenvalue weighted by atomic mass is 10.1. The molecule has 4 nitrogen and oxygen atoms in total. The first kappa shape index (κ1) is 10.4. The van der Waals surface area contributed by atoms with Crippen molar-refractivity contribution in [3.8, 4) is 0 Å². The summed E-state index contributed by atoms with van der Waals surface area (Å²) >= 11 is 1.41. The molecule has 0 spiro atoms. The number of nitrogens with two attached hydrogens (primary N) is 1. The molecule has 0 saturated heterocycles. The van der Waals surface area contributed by atoms with Crippen LogP contribution in [0, 0.1) is 5.92 Å². The average Bonchev–Trinajstić information content (AvgIpc) is 1.98. The number of thioether (sulfide) groups is 1. The molecular weight excluding hydrogens is 166 g/mol. The van der Waals surface area contributed by atoms with Crippen LogP contribution in [-0.2, 0) is 9.59 Å². The normalized spacial score (nSPS) is 15.5. The lowest BCUT2D eigenvalue weighted by Crippen LogP contribution is -2.39. The van der Waals surface area contributed by atoms with E-state index in [1.54, 1.807) is 6.26 Å². The maximum Gasteiger partial charge on any atom is 0.321 e.